The van der Waals surface area contributed by atoms with Crippen LogP contribution in [-0.2, 0) is 16.0 Å². The van der Waals surface area contributed by atoms with Gasteiger partial charge in [-0.1, -0.05) is 12.1 Å². The quantitative estimate of drug-likeness (QED) is 0.670. The molecule has 1 aliphatic rings. The lowest BCUT2D eigenvalue weighted by Gasteiger charge is -2.31. The fourth-order valence-corrected chi connectivity index (χ4v) is 3.03. The Bertz CT molecular complexity index is 524. The van der Waals surface area contributed by atoms with E-state index in [4.69, 9.17) is 14.2 Å². The highest BCUT2D eigenvalue weighted by Crippen LogP contribution is 2.14. The SMILES string of the molecule is COc1ccc(CN(CCN2CCOCC2)C[C@H](O)COC(C)(C)C)cc1. The van der Waals surface area contributed by atoms with Gasteiger partial charge >= 0.3 is 0 Å². The monoisotopic (exact) mass is 380 g/mol. The number of hydrogen-bond acceptors (Lipinski definition) is 6. The molecule has 2 rings (SSSR count). The molecule has 6 nitrogen and oxygen atoms in total. The molecule has 0 amide bonds. The van der Waals surface area contributed by atoms with Crippen LogP contribution < -0.4 is 4.74 Å². The van der Waals surface area contributed by atoms with Crippen LogP contribution in [0, 0.1) is 0 Å². The number of nitrogens with zero attached hydrogens (tertiary/aromatic N) is 2. The lowest BCUT2D eigenvalue weighted by Crippen LogP contribution is -2.43. The van der Waals surface area contributed by atoms with Gasteiger partial charge in [0.25, 0.3) is 0 Å². The predicted molar refractivity (Wildman–Crippen MR) is 107 cm³/mol. The molecule has 0 aliphatic carbocycles. The largest absolute Gasteiger partial charge is 0.497 e. The molecule has 0 aromatic heterocycles. The Labute approximate surface area is 164 Å². The summed E-state index contributed by atoms with van der Waals surface area (Å²) in [5, 5.41) is 10.5. The van der Waals surface area contributed by atoms with Crippen LogP contribution in [0.2, 0.25) is 0 Å². The van der Waals surface area contributed by atoms with Gasteiger partial charge < -0.3 is 19.3 Å². The van der Waals surface area contributed by atoms with E-state index in [9.17, 15) is 5.11 Å². The molecule has 154 valence electrons. The van der Waals surface area contributed by atoms with Crippen LogP contribution >= 0.6 is 0 Å². The van der Waals surface area contributed by atoms with Gasteiger partial charge in [-0.3, -0.25) is 9.80 Å². The maximum atomic E-state index is 10.5. The molecule has 0 spiro atoms. The number of ether oxygens (including phenoxy) is 3. The summed E-state index contributed by atoms with van der Waals surface area (Å²) in [5.74, 6) is 0.859. The predicted octanol–water partition coefficient (Wildman–Crippen LogP) is 2.01. The minimum Gasteiger partial charge on any atom is -0.497 e. The fraction of sp³-hybridized carbons (Fsp3) is 0.714. The van der Waals surface area contributed by atoms with Crippen LogP contribution in [0.15, 0.2) is 24.3 Å². The van der Waals surface area contributed by atoms with Gasteiger partial charge in [0, 0.05) is 39.3 Å². The first-order valence-corrected chi connectivity index (χ1v) is 9.83. The number of aliphatic hydroxyl groups excluding tert-OH is 1. The van der Waals surface area contributed by atoms with Gasteiger partial charge in [-0.25, -0.2) is 0 Å². The first-order valence-electron chi connectivity index (χ1n) is 9.83. The summed E-state index contributed by atoms with van der Waals surface area (Å²) in [6.45, 7) is 13.2. The Morgan fingerprint density at radius 2 is 1.85 bits per heavy atom. The average molecular weight is 381 g/mol. The van der Waals surface area contributed by atoms with Crippen molar-refractivity contribution in [2.45, 2.75) is 39.0 Å². The molecule has 1 aromatic carbocycles. The molecule has 6 heteroatoms. The van der Waals surface area contributed by atoms with Gasteiger partial charge in [0.15, 0.2) is 0 Å². The van der Waals surface area contributed by atoms with Crippen molar-refractivity contribution in [3.05, 3.63) is 29.8 Å². The molecular weight excluding hydrogens is 344 g/mol. The molecule has 1 atom stereocenters. The van der Waals surface area contributed by atoms with Gasteiger partial charge in [0.1, 0.15) is 5.75 Å². The highest BCUT2D eigenvalue weighted by Gasteiger charge is 2.18. The van der Waals surface area contributed by atoms with Crippen LogP contribution in [-0.4, -0.2) is 86.3 Å². The van der Waals surface area contributed by atoms with Gasteiger partial charge in [-0.2, -0.15) is 0 Å². The third kappa shape index (κ3) is 9.04. The van der Waals surface area contributed by atoms with Crippen LogP contribution in [0.1, 0.15) is 26.3 Å². The number of rotatable bonds is 10. The first kappa shape index (κ1) is 22.1. The molecule has 27 heavy (non-hydrogen) atoms. The Kier molecular flexibility index (Phi) is 8.99. The zero-order valence-electron chi connectivity index (χ0n) is 17.3. The Balaban J connectivity index is 1.91. The van der Waals surface area contributed by atoms with Crippen molar-refractivity contribution in [1.29, 1.82) is 0 Å². The van der Waals surface area contributed by atoms with Gasteiger partial charge in [-0.05, 0) is 38.5 Å². The maximum absolute atomic E-state index is 10.5. The van der Waals surface area contributed by atoms with Crippen molar-refractivity contribution in [3.63, 3.8) is 0 Å². The standard InChI is InChI=1S/C21H36N2O4/c1-21(2,3)27-17-19(24)16-23(10-9-22-11-13-26-14-12-22)15-18-5-7-20(25-4)8-6-18/h5-8,19,24H,9-17H2,1-4H3/t19-/m0/s1. The summed E-state index contributed by atoms with van der Waals surface area (Å²) in [5.41, 5.74) is 0.969. The van der Waals surface area contributed by atoms with E-state index in [1.165, 1.54) is 5.56 Å². The molecule has 1 aromatic rings. The summed E-state index contributed by atoms with van der Waals surface area (Å²) in [6.07, 6.45) is -0.507. The second-order valence-electron chi connectivity index (χ2n) is 8.11. The van der Waals surface area contributed by atoms with E-state index in [0.717, 1.165) is 51.7 Å². The molecular formula is C21H36N2O4. The lowest BCUT2D eigenvalue weighted by atomic mass is 10.2. The molecule has 0 saturated carbocycles. The molecule has 1 saturated heterocycles. The normalized spacial score (nSPS) is 17.3. The van der Waals surface area contributed by atoms with E-state index in [1.54, 1.807) is 7.11 Å². The van der Waals surface area contributed by atoms with E-state index in [1.807, 2.05) is 32.9 Å². The van der Waals surface area contributed by atoms with Gasteiger partial charge in [0.2, 0.25) is 0 Å². The molecule has 0 radical (unpaired) electrons. The van der Waals surface area contributed by atoms with Crippen molar-refractivity contribution in [2.75, 3.05) is 59.7 Å². The van der Waals surface area contributed by atoms with Crippen molar-refractivity contribution in [3.8, 4) is 5.75 Å². The summed E-state index contributed by atoms with van der Waals surface area (Å²) in [7, 11) is 1.68. The smallest absolute Gasteiger partial charge is 0.118 e. The highest BCUT2D eigenvalue weighted by molar-refractivity contribution is 5.27. The van der Waals surface area contributed by atoms with Gasteiger partial charge in [0.05, 0.1) is 38.6 Å². The highest BCUT2D eigenvalue weighted by atomic mass is 16.5. The number of aliphatic hydroxyl groups is 1. The van der Waals surface area contributed by atoms with E-state index in [-0.39, 0.29) is 5.60 Å². The minimum absolute atomic E-state index is 0.240. The van der Waals surface area contributed by atoms with Crippen molar-refractivity contribution in [2.24, 2.45) is 0 Å². The zero-order valence-corrected chi connectivity index (χ0v) is 17.3. The summed E-state index contributed by atoms with van der Waals surface area (Å²) < 4.78 is 16.4. The summed E-state index contributed by atoms with van der Waals surface area (Å²) in [4.78, 5) is 4.72. The number of methoxy groups -OCH3 is 1. The summed E-state index contributed by atoms with van der Waals surface area (Å²) >= 11 is 0. The van der Waals surface area contributed by atoms with Crippen LogP contribution in [0.25, 0.3) is 0 Å². The Hall–Kier alpha value is -1.18. The maximum Gasteiger partial charge on any atom is 0.118 e. The first-order chi connectivity index (χ1) is 12.9. The van der Waals surface area contributed by atoms with E-state index < -0.39 is 6.10 Å². The molecule has 1 aliphatic heterocycles. The van der Waals surface area contributed by atoms with E-state index >= 15 is 0 Å². The van der Waals surface area contributed by atoms with Gasteiger partial charge in [-0.15, -0.1) is 0 Å². The van der Waals surface area contributed by atoms with E-state index in [0.29, 0.717) is 13.2 Å². The number of benzene rings is 1. The van der Waals surface area contributed by atoms with Crippen LogP contribution in [0.4, 0.5) is 0 Å². The topological polar surface area (TPSA) is 54.4 Å². The van der Waals surface area contributed by atoms with Crippen molar-refractivity contribution >= 4 is 0 Å². The number of morpholine rings is 1. The average Bonchev–Trinajstić information content (AvgIpc) is 2.65. The van der Waals surface area contributed by atoms with Crippen LogP contribution in [0.5, 0.6) is 5.75 Å². The molecule has 1 heterocycles. The second-order valence-corrected chi connectivity index (χ2v) is 8.11. The van der Waals surface area contributed by atoms with Crippen molar-refractivity contribution < 1.29 is 19.3 Å². The Morgan fingerprint density at radius 3 is 2.44 bits per heavy atom. The van der Waals surface area contributed by atoms with Crippen LogP contribution in [0.3, 0.4) is 0 Å². The summed E-state index contributed by atoms with van der Waals surface area (Å²) in [6, 6.07) is 8.13. The molecule has 0 unspecified atom stereocenters. The minimum atomic E-state index is -0.507. The third-order valence-electron chi connectivity index (χ3n) is 4.58. The zero-order chi connectivity index (χ0) is 19.7. The van der Waals surface area contributed by atoms with E-state index in [2.05, 4.69) is 21.9 Å². The molecule has 1 N–H and O–H groups in total. The molecule has 1 fully saturated rings. The second kappa shape index (κ2) is 11.0. The lowest BCUT2D eigenvalue weighted by molar-refractivity contribution is -0.0575. The fourth-order valence-electron chi connectivity index (χ4n) is 3.03. The number of hydrogen-bond donors (Lipinski definition) is 1. The third-order valence-corrected chi connectivity index (χ3v) is 4.58. The van der Waals surface area contributed by atoms with Crippen molar-refractivity contribution in [1.82, 2.24) is 9.80 Å². The molecule has 0 bridgehead atoms. The Morgan fingerprint density at radius 1 is 1.19 bits per heavy atom.